The van der Waals surface area contributed by atoms with E-state index >= 15 is 0 Å². The monoisotopic (exact) mass is 484 g/mol. The van der Waals surface area contributed by atoms with E-state index in [-0.39, 0.29) is 6.10 Å². The predicted octanol–water partition coefficient (Wildman–Crippen LogP) is 4.47. The molecule has 1 saturated heterocycles. The number of hydrogen-bond donors (Lipinski definition) is 3. The molecule has 0 radical (unpaired) electrons. The maximum atomic E-state index is 11.4. The number of ether oxygens (including phenoxy) is 2. The van der Waals surface area contributed by atoms with Crippen molar-refractivity contribution < 1.29 is 18.7 Å². The van der Waals surface area contributed by atoms with Gasteiger partial charge in [0.2, 0.25) is 17.7 Å². The van der Waals surface area contributed by atoms with Crippen LogP contribution in [0.3, 0.4) is 0 Å². The first kappa shape index (κ1) is 22.1. The van der Waals surface area contributed by atoms with Gasteiger partial charge in [-0.05, 0) is 42.0 Å². The third-order valence-electron chi connectivity index (χ3n) is 6.18. The minimum atomic E-state index is -0.482. The summed E-state index contributed by atoms with van der Waals surface area (Å²) < 4.78 is 17.7. The third-order valence-corrected chi connectivity index (χ3v) is 6.18. The zero-order valence-electron chi connectivity index (χ0n) is 19.6. The zero-order chi connectivity index (χ0) is 24.6. The Bertz CT molecular complexity index is 1570. The van der Waals surface area contributed by atoms with Crippen LogP contribution >= 0.6 is 0 Å². The molecule has 36 heavy (non-hydrogen) atoms. The van der Waals surface area contributed by atoms with Gasteiger partial charge in [-0.15, -0.1) is 0 Å². The van der Waals surface area contributed by atoms with Crippen molar-refractivity contribution in [2.75, 3.05) is 18.5 Å². The number of amides is 1. The molecule has 182 valence electrons. The molecule has 0 spiro atoms. The minimum absolute atomic E-state index is 0.0123. The number of oxazole rings is 1. The molecular formula is C26H24N6O4. The van der Waals surface area contributed by atoms with Crippen molar-refractivity contribution in [3.63, 3.8) is 0 Å². The Morgan fingerprint density at radius 1 is 1.11 bits per heavy atom. The molecule has 1 fully saturated rings. The number of aromatic amines is 1. The van der Waals surface area contributed by atoms with E-state index in [1.165, 1.54) is 0 Å². The number of aryl methyl sites for hydroxylation is 1. The highest BCUT2D eigenvalue weighted by molar-refractivity contribution is 5.99. The molecule has 3 aromatic heterocycles. The number of carbonyl (C=O) groups is 1. The normalized spacial score (nSPS) is 14.4. The molecule has 0 unspecified atom stereocenters. The number of fused-ring (bicyclic) bond motifs is 2. The van der Waals surface area contributed by atoms with Crippen LogP contribution in [0.2, 0.25) is 0 Å². The lowest BCUT2D eigenvalue weighted by Gasteiger charge is -2.23. The number of nitrogens with one attached hydrogen (secondary N) is 2. The first-order valence-electron chi connectivity index (χ1n) is 11.7. The van der Waals surface area contributed by atoms with Crippen molar-refractivity contribution in [1.82, 2.24) is 19.9 Å². The number of hydrogen-bond acceptors (Lipinski definition) is 8. The zero-order valence-corrected chi connectivity index (χ0v) is 19.6. The smallest absolute Gasteiger partial charge is 0.248 e. The second kappa shape index (κ2) is 8.97. The molecule has 0 bridgehead atoms. The lowest BCUT2D eigenvalue weighted by molar-refractivity contribution is 0.0244. The topological polar surface area (TPSA) is 141 Å². The van der Waals surface area contributed by atoms with Gasteiger partial charge >= 0.3 is 0 Å². The van der Waals surface area contributed by atoms with Crippen molar-refractivity contribution >= 4 is 39.7 Å². The van der Waals surface area contributed by atoms with Gasteiger partial charge in [-0.25, -0.2) is 4.98 Å². The Kier molecular flexibility index (Phi) is 5.49. The minimum Gasteiger partial charge on any atom is -0.474 e. The van der Waals surface area contributed by atoms with Crippen molar-refractivity contribution in [3.8, 4) is 17.0 Å². The van der Waals surface area contributed by atoms with Gasteiger partial charge in [-0.2, -0.15) is 9.97 Å². The fourth-order valence-electron chi connectivity index (χ4n) is 4.37. The van der Waals surface area contributed by atoms with Crippen molar-refractivity contribution in [3.05, 3.63) is 60.1 Å². The van der Waals surface area contributed by atoms with Gasteiger partial charge < -0.3 is 29.9 Å². The predicted molar refractivity (Wildman–Crippen MR) is 134 cm³/mol. The standard InChI is InChI=1S/C26H24N6O4/c1-14-29-20-7-4-16(12-21(20)35-14)19-13-28-24-22(19)25(36-18-8-10-34-11-9-18)32-26(31-24)30-17-5-2-15(3-6-17)23(27)33/h2-7,12-13,18H,8-11H2,1H3,(H2,27,33)(H2,28,30,31,32). The second-order valence-corrected chi connectivity index (χ2v) is 8.69. The Labute approximate surface area is 205 Å². The highest BCUT2D eigenvalue weighted by Gasteiger charge is 2.22. The maximum Gasteiger partial charge on any atom is 0.248 e. The molecule has 4 N–H and O–H groups in total. The third kappa shape index (κ3) is 4.22. The number of primary amides is 1. The van der Waals surface area contributed by atoms with Gasteiger partial charge in [-0.3, -0.25) is 4.79 Å². The molecule has 0 atom stereocenters. The molecule has 10 nitrogen and oxygen atoms in total. The number of carbonyl (C=O) groups excluding carboxylic acids is 1. The van der Waals surface area contributed by atoms with Crippen molar-refractivity contribution in [2.24, 2.45) is 5.73 Å². The van der Waals surface area contributed by atoms with Crippen LogP contribution in [0.1, 0.15) is 29.1 Å². The summed E-state index contributed by atoms with van der Waals surface area (Å²) in [6, 6.07) is 12.7. The summed E-state index contributed by atoms with van der Waals surface area (Å²) in [6.45, 7) is 3.13. The van der Waals surface area contributed by atoms with E-state index in [2.05, 4.69) is 20.3 Å². The fraction of sp³-hybridized carbons (Fsp3) is 0.231. The SMILES string of the molecule is Cc1nc2ccc(-c3c[nH]c4nc(Nc5ccc(C(N)=O)cc5)nc(OC5CCOCC5)c34)cc2o1. The van der Waals surface area contributed by atoms with E-state index in [1.807, 2.05) is 31.3 Å². The average Bonchev–Trinajstić information content (AvgIpc) is 3.47. The lowest BCUT2D eigenvalue weighted by atomic mass is 10.1. The van der Waals surface area contributed by atoms with Crippen LogP contribution in [0, 0.1) is 6.92 Å². The molecule has 6 rings (SSSR count). The van der Waals surface area contributed by atoms with Crippen molar-refractivity contribution in [2.45, 2.75) is 25.9 Å². The van der Waals surface area contributed by atoms with E-state index < -0.39 is 5.91 Å². The molecule has 1 amide bonds. The van der Waals surface area contributed by atoms with Gasteiger partial charge in [0.25, 0.3) is 0 Å². The summed E-state index contributed by atoms with van der Waals surface area (Å²) in [5.74, 6) is 0.982. The molecular weight excluding hydrogens is 460 g/mol. The van der Waals surface area contributed by atoms with Crippen molar-refractivity contribution in [1.29, 1.82) is 0 Å². The van der Waals surface area contributed by atoms with Gasteiger partial charge in [0.15, 0.2) is 11.5 Å². The van der Waals surface area contributed by atoms with E-state index in [0.29, 0.717) is 53.4 Å². The number of aromatic nitrogens is 4. The number of H-pyrrole nitrogens is 1. The van der Waals surface area contributed by atoms with E-state index in [1.54, 1.807) is 24.3 Å². The van der Waals surface area contributed by atoms with Crippen LogP contribution in [0.4, 0.5) is 11.6 Å². The Balaban J connectivity index is 1.41. The van der Waals surface area contributed by atoms with E-state index in [9.17, 15) is 4.79 Å². The summed E-state index contributed by atoms with van der Waals surface area (Å²) in [5, 5.41) is 3.98. The number of rotatable bonds is 6. The lowest BCUT2D eigenvalue weighted by Crippen LogP contribution is -2.26. The van der Waals surface area contributed by atoms with Gasteiger partial charge in [0.05, 0.1) is 18.6 Å². The number of benzene rings is 2. The van der Waals surface area contributed by atoms with E-state index in [0.717, 1.165) is 34.9 Å². The molecule has 1 aliphatic heterocycles. The molecule has 5 aromatic rings. The highest BCUT2D eigenvalue weighted by Crippen LogP contribution is 2.37. The van der Waals surface area contributed by atoms with Gasteiger partial charge in [0, 0.05) is 42.8 Å². The average molecular weight is 485 g/mol. The molecule has 10 heteroatoms. The van der Waals surface area contributed by atoms with Crippen LogP contribution in [0.15, 0.2) is 53.1 Å². The molecule has 1 aliphatic rings. The quantitative estimate of drug-likeness (QED) is 0.320. The second-order valence-electron chi connectivity index (χ2n) is 8.69. The summed E-state index contributed by atoms with van der Waals surface area (Å²) >= 11 is 0. The molecule has 4 heterocycles. The molecule has 0 aliphatic carbocycles. The van der Waals surface area contributed by atoms with Crippen LogP contribution in [0.25, 0.3) is 33.3 Å². The highest BCUT2D eigenvalue weighted by atomic mass is 16.5. The Morgan fingerprint density at radius 2 is 1.92 bits per heavy atom. The first-order valence-corrected chi connectivity index (χ1v) is 11.7. The largest absolute Gasteiger partial charge is 0.474 e. The maximum absolute atomic E-state index is 11.4. The first-order chi connectivity index (χ1) is 17.5. The molecule has 0 saturated carbocycles. The van der Waals surface area contributed by atoms with E-state index in [4.69, 9.17) is 24.6 Å². The Morgan fingerprint density at radius 3 is 2.69 bits per heavy atom. The molecule has 2 aromatic carbocycles. The van der Waals surface area contributed by atoms with Crippen LogP contribution < -0.4 is 15.8 Å². The Hall–Kier alpha value is -4.44. The summed E-state index contributed by atoms with van der Waals surface area (Å²) in [6.07, 6.45) is 3.45. The summed E-state index contributed by atoms with van der Waals surface area (Å²) in [5.41, 5.74) is 10.5. The summed E-state index contributed by atoms with van der Waals surface area (Å²) in [4.78, 5) is 28.5. The van der Waals surface area contributed by atoms with Gasteiger partial charge in [0.1, 0.15) is 17.3 Å². The van der Waals surface area contributed by atoms with Crippen LogP contribution in [0.5, 0.6) is 5.88 Å². The van der Waals surface area contributed by atoms with Gasteiger partial charge in [-0.1, -0.05) is 6.07 Å². The van der Waals surface area contributed by atoms with Crippen LogP contribution in [-0.2, 0) is 4.74 Å². The fourth-order valence-corrected chi connectivity index (χ4v) is 4.37. The summed E-state index contributed by atoms with van der Waals surface area (Å²) in [7, 11) is 0. The van der Waals surface area contributed by atoms with Crippen LogP contribution in [-0.4, -0.2) is 45.2 Å². The number of nitrogens with zero attached hydrogens (tertiary/aromatic N) is 3. The number of nitrogens with two attached hydrogens (primary N) is 1. The number of anilines is 2.